The lowest BCUT2D eigenvalue weighted by molar-refractivity contribution is 0.619. The Morgan fingerprint density at radius 3 is 2.40 bits per heavy atom. The van der Waals surface area contributed by atoms with Crippen molar-refractivity contribution in [2.75, 3.05) is 0 Å². The average Bonchev–Trinajstić information content (AvgIpc) is 2.50. The van der Waals surface area contributed by atoms with E-state index in [0.717, 1.165) is 21.4 Å². The molecule has 1 heterocycles. The third-order valence-corrected chi connectivity index (χ3v) is 2.86. The van der Waals surface area contributed by atoms with Crippen LogP contribution in [0, 0.1) is 19.7 Å². The minimum absolute atomic E-state index is 0.165. The second-order valence-electron chi connectivity index (χ2n) is 3.64. The fourth-order valence-corrected chi connectivity index (χ4v) is 2.16. The van der Waals surface area contributed by atoms with Crippen molar-refractivity contribution >= 4 is 15.9 Å². The quantitative estimate of drug-likeness (QED) is 0.797. The number of halogens is 2. The first-order chi connectivity index (χ1) is 7.08. The van der Waals surface area contributed by atoms with E-state index in [4.69, 9.17) is 0 Å². The highest BCUT2D eigenvalue weighted by atomic mass is 79.9. The van der Waals surface area contributed by atoms with Crippen LogP contribution in [0.1, 0.15) is 11.1 Å². The van der Waals surface area contributed by atoms with Gasteiger partial charge < -0.3 is 4.98 Å². The van der Waals surface area contributed by atoms with E-state index >= 15 is 0 Å². The normalized spacial score (nSPS) is 10.7. The first-order valence-corrected chi connectivity index (χ1v) is 5.49. The number of aromatic amines is 1. The highest BCUT2D eigenvalue weighted by Gasteiger charge is 2.07. The van der Waals surface area contributed by atoms with Crippen molar-refractivity contribution in [2.24, 2.45) is 0 Å². The van der Waals surface area contributed by atoms with Crippen molar-refractivity contribution < 1.29 is 4.39 Å². The third kappa shape index (κ3) is 1.97. The predicted molar refractivity (Wildman–Crippen MR) is 63.4 cm³/mol. The topological polar surface area (TPSA) is 15.8 Å². The Morgan fingerprint density at radius 2 is 1.87 bits per heavy atom. The number of aryl methyl sites for hydroxylation is 2. The second kappa shape index (κ2) is 3.81. The van der Waals surface area contributed by atoms with Gasteiger partial charge in [-0.15, -0.1) is 0 Å². The Morgan fingerprint density at radius 1 is 1.13 bits per heavy atom. The molecule has 1 aromatic heterocycles. The first-order valence-electron chi connectivity index (χ1n) is 4.69. The largest absolute Gasteiger partial charge is 0.349 e. The lowest BCUT2D eigenvalue weighted by atomic mass is 10.1. The van der Waals surface area contributed by atoms with E-state index in [-0.39, 0.29) is 5.82 Å². The molecule has 0 spiro atoms. The summed E-state index contributed by atoms with van der Waals surface area (Å²) in [6.45, 7) is 3.79. The molecular weight excluding hydrogens is 257 g/mol. The van der Waals surface area contributed by atoms with Gasteiger partial charge in [0.2, 0.25) is 0 Å². The van der Waals surface area contributed by atoms with E-state index in [9.17, 15) is 4.39 Å². The number of H-pyrrole nitrogens is 1. The maximum atomic E-state index is 13.1. The summed E-state index contributed by atoms with van der Waals surface area (Å²) in [6, 6.07) is 7.14. The van der Waals surface area contributed by atoms with Gasteiger partial charge in [0.05, 0.1) is 4.60 Å². The van der Waals surface area contributed by atoms with Crippen molar-refractivity contribution in [1.29, 1.82) is 0 Å². The van der Waals surface area contributed by atoms with Crippen LogP contribution >= 0.6 is 15.9 Å². The Balaban J connectivity index is 2.54. The number of hydrogen-bond acceptors (Lipinski definition) is 0. The van der Waals surface area contributed by atoms with Crippen LogP contribution in [0.3, 0.4) is 0 Å². The minimum atomic E-state index is -0.165. The zero-order valence-electron chi connectivity index (χ0n) is 8.57. The molecule has 0 saturated carbocycles. The number of nitrogens with one attached hydrogen (secondary N) is 1. The van der Waals surface area contributed by atoms with Gasteiger partial charge in [-0.1, -0.05) is 0 Å². The molecule has 0 fully saturated rings. The Kier molecular flexibility index (Phi) is 2.65. The molecule has 0 unspecified atom stereocenters. The summed E-state index contributed by atoms with van der Waals surface area (Å²) in [4.78, 5) is 3.20. The molecule has 1 nitrogen and oxygen atoms in total. The number of rotatable bonds is 1. The van der Waals surface area contributed by atoms with Crippen molar-refractivity contribution in [2.45, 2.75) is 13.8 Å². The van der Waals surface area contributed by atoms with Crippen LogP contribution in [-0.4, -0.2) is 4.98 Å². The zero-order valence-corrected chi connectivity index (χ0v) is 10.2. The number of benzene rings is 1. The van der Waals surface area contributed by atoms with Crippen LogP contribution in [0.4, 0.5) is 4.39 Å². The summed E-state index contributed by atoms with van der Waals surface area (Å²) in [5.74, 6) is -0.165. The number of hydrogen-bond donors (Lipinski definition) is 1. The molecule has 0 aliphatic rings. The van der Waals surface area contributed by atoms with Gasteiger partial charge in [-0.3, -0.25) is 0 Å². The maximum Gasteiger partial charge on any atom is 0.126 e. The molecular formula is C12H11BrFN. The van der Waals surface area contributed by atoms with Gasteiger partial charge >= 0.3 is 0 Å². The summed E-state index contributed by atoms with van der Waals surface area (Å²) in [5, 5.41) is 0. The second-order valence-corrected chi connectivity index (χ2v) is 4.49. The molecule has 78 valence electrons. The molecule has 2 aromatic rings. The molecule has 0 atom stereocenters. The average molecular weight is 268 g/mol. The molecule has 0 aliphatic carbocycles. The van der Waals surface area contributed by atoms with Gasteiger partial charge in [0.25, 0.3) is 0 Å². The van der Waals surface area contributed by atoms with Gasteiger partial charge in [0, 0.05) is 5.69 Å². The van der Waals surface area contributed by atoms with Gasteiger partial charge in [0.1, 0.15) is 5.82 Å². The Labute approximate surface area is 96.5 Å². The fourth-order valence-electron chi connectivity index (χ4n) is 1.62. The smallest absolute Gasteiger partial charge is 0.126 e. The van der Waals surface area contributed by atoms with E-state index < -0.39 is 0 Å². The van der Waals surface area contributed by atoms with E-state index in [2.05, 4.69) is 20.9 Å². The molecule has 1 N–H and O–H groups in total. The Hall–Kier alpha value is -1.09. The molecule has 0 amide bonds. The first kappa shape index (κ1) is 10.4. The summed E-state index contributed by atoms with van der Waals surface area (Å²) < 4.78 is 14.0. The molecule has 0 aliphatic heterocycles. The molecule has 1 aromatic carbocycles. The molecule has 15 heavy (non-hydrogen) atoms. The van der Waals surface area contributed by atoms with Crippen molar-refractivity contribution in [3.63, 3.8) is 0 Å². The monoisotopic (exact) mass is 267 g/mol. The SMILES string of the molecule is Cc1cc(-c2[nH]c(Br)cc2C)ccc1F. The fraction of sp³-hybridized carbons (Fsp3) is 0.167. The minimum Gasteiger partial charge on any atom is -0.349 e. The van der Waals surface area contributed by atoms with Crippen LogP contribution in [0.5, 0.6) is 0 Å². The predicted octanol–water partition coefficient (Wildman–Crippen LogP) is 4.20. The lowest BCUT2D eigenvalue weighted by Crippen LogP contribution is -1.85. The van der Waals surface area contributed by atoms with Crippen LogP contribution in [0.2, 0.25) is 0 Å². The molecule has 2 rings (SSSR count). The van der Waals surface area contributed by atoms with Crippen LogP contribution < -0.4 is 0 Å². The van der Waals surface area contributed by atoms with E-state index in [1.807, 2.05) is 19.1 Å². The molecule has 0 bridgehead atoms. The maximum absolute atomic E-state index is 13.1. The van der Waals surface area contributed by atoms with Gasteiger partial charge in [0.15, 0.2) is 0 Å². The van der Waals surface area contributed by atoms with Gasteiger partial charge in [-0.2, -0.15) is 0 Å². The van der Waals surface area contributed by atoms with Crippen molar-refractivity contribution in [1.82, 2.24) is 4.98 Å². The lowest BCUT2D eigenvalue weighted by Gasteiger charge is -2.03. The zero-order chi connectivity index (χ0) is 11.0. The summed E-state index contributed by atoms with van der Waals surface area (Å²) in [5.41, 5.74) is 3.85. The van der Waals surface area contributed by atoms with Gasteiger partial charge in [-0.05, 0) is 70.7 Å². The molecule has 0 radical (unpaired) electrons. The van der Waals surface area contributed by atoms with Crippen LogP contribution in [0.25, 0.3) is 11.3 Å². The number of aromatic nitrogens is 1. The summed E-state index contributed by atoms with van der Waals surface area (Å²) in [6.07, 6.45) is 0. The van der Waals surface area contributed by atoms with Crippen molar-refractivity contribution in [3.05, 3.63) is 45.8 Å². The molecule has 3 heteroatoms. The highest BCUT2D eigenvalue weighted by Crippen LogP contribution is 2.26. The summed E-state index contributed by atoms with van der Waals surface area (Å²) in [7, 11) is 0. The van der Waals surface area contributed by atoms with Crippen LogP contribution in [0.15, 0.2) is 28.9 Å². The van der Waals surface area contributed by atoms with E-state index in [0.29, 0.717) is 5.56 Å². The van der Waals surface area contributed by atoms with Gasteiger partial charge in [-0.25, -0.2) is 4.39 Å². The summed E-state index contributed by atoms with van der Waals surface area (Å²) >= 11 is 3.38. The van der Waals surface area contributed by atoms with E-state index in [1.54, 1.807) is 13.0 Å². The standard InChI is InChI=1S/C12H11BrFN/c1-7-5-9(3-4-10(7)14)12-8(2)6-11(13)15-12/h3-6,15H,1-2H3. The third-order valence-electron chi connectivity index (χ3n) is 2.43. The van der Waals surface area contributed by atoms with E-state index in [1.165, 1.54) is 6.07 Å². The Bertz CT molecular complexity index is 502. The molecule has 0 saturated heterocycles. The van der Waals surface area contributed by atoms with Crippen LogP contribution in [-0.2, 0) is 0 Å². The highest BCUT2D eigenvalue weighted by molar-refractivity contribution is 9.10. The van der Waals surface area contributed by atoms with Crippen molar-refractivity contribution in [3.8, 4) is 11.3 Å².